The quantitative estimate of drug-likeness (QED) is 0.757. The van der Waals surface area contributed by atoms with Crippen LogP contribution >= 0.6 is 0 Å². The van der Waals surface area contributed by atoms with Gasteiger partial charge in [-0.3, -0.25) is 9.59 Å². The van der Waals surface area contributed by atoms with Gasteiger partial charge in [-0.05, 0) is 45.7 Å². The van der Waals surface area contributed by atoms with Crippen molar-refractivity contribution in [2.75, 3.05) is 32.8 Å². The number of amides is 2. The molecule has 2 aliphatic rings. The van der Waals surface area contributed by atoms with E-state index in [1.807, 2.05) is 13.8 Å². The second-order valence-corrected chi connectivity index (χ2v) is 6.24. The van der Waals surface area contributed by atoms with Crippen molar-refractivity contribution in [2.24, 2.45) is 5.92 Å². The van der Waals surface area contributed by atoms with Crippen LogP contribution in [0.3, 0.4) is 0 Å². The van der Waals surface area contributed by atoms with Gasteiger partial charge in [-0.1, -0.05) is 0 Å². The fourth-order valence-electron chi connectivity index (χ4n) is 2.93. The van der Waals surface area contributed by atoms with Crippen LogP contribution in [0.5, 0.6) is 0 Å². The number of carbonyl (C=O) groups excluding carboxylic acids is 2. The van der Waals surface area contributed by atoms with Crippen LogP contribution in [0.1, 0.15) is 33.1 Å². The monoisotopic (exact) mass is 297 g/mol. The molecule has 0 bridgehead atoms. The molecular formula is C15H27N3O3. The molecule has 2 N–H and O–H groups in total. The second kappa shape index (κ2) is 7.75. The fourth-order valence-corrected chi connectivity index (χ4v) is 2.93. The molecule has 2 aliphatic heterocycles. The zero-order valence-corrected chi connectivity index (χ0v) is 13.1. The van der Waals surface area contributed by atoms with Gasteiger partial charge in [0.15, 0.2) is 0 Å². The summed E-state index contributed by atoms with van der Waals surface area (Å²) in [5.41, 5.74) is 0. The third kappa shape index (κ3) is 4.68. The lowest BCUT2D eigenvalue weighted by Crippen LogP contribution is -2.56. The molecule has 0 aromatic heterocycles. The average molecular weight is 297 g/mol. The van der Waals surface area contributed by atoms with E-state index in [0.717, 1.165) is 25.9 Å². The van der Waals surface area contributed by atoms with Crippen LogP contribution in [0.4, 0.5) is 0 Å². The van der Waals surface area contributed by atoms with Crippen LogP contribution in [-0.4, -0.2) is 61.6 Å². The first-order valence-corrected chi connectivity index (χ1v) is 7.96. The maximum absolute atomic E-state index is 12.4. The summed E-state index contributed by atoms with van der Waals surface area (Å²) in [4.78, 5) is 26.3. The van der Waals surface area contributed by atoms with E-state index in [0.29, 0.717) is 32.1 Å². The predicted octanol–water partition coefficient (Wildman–Crippen LogP) is 0.128. The van der Waals surface area contributed by atoms with Crippen molar-refractivity contribution in [3.63, 3.8) is 0 Å². The maximum Gasteiger partial charge on any atom is 0.245 e. The van der Waals surface area contributed by atoms with E-state index in [9.17, 15) is 9.59 Å². The molecule has 2 rings (SSSR count). The minimum Gasteiger partial charge on any atom is -0.377 e. The summed E-state index contributed by atoms with van der Waals surface area (Å²) in [7, 11) is 0. The minimum absolute atomic E-state index is 0.0703. The molecule has 2 saturated heterocycles. The number of ether oxygens (including phenoxy) is 1. The maximum atomic E-state index is 12.4. The van der Waals surface area contributed by atoms with Gasteiger partial charge in [-0.15, -0.1) is 0 Å². The number of hydrogen-bond acceptors (Lipinski definition) is 4. The molecule has 6 nitrogen and oxygen atoms in total. The average Bonchev–Trinajstić information content (AvgIpc) is 2.97. The van der Waals surface area contributed by atoms with E-state index >= 15 is 0 Å². The summed E-state index contributed by atoms with van der Waals surface area (Å²) in [5, 5.41) is 6.19. The summed E-state index contributed by atoms with van der Waals surface area (Å²) < 4.78 is 5.38. The van der Waals surface area contributed by atoms with Crippen LogP contribution in [0.25, 0.3) is 0 Å². The molecule has 120 valence electrons. The van der Waals surface area contributed by atoms with Gasteiger partial charge < -0.3 is 20.3 Å². The molecule has 2 atom stereocenters. The number of carbonyl (C=O) groups is 2. The zero-order chi connectivity index (χ0) is 15.2. The third-order valence-corrected chi connectivity index (χ3v) is 4.11. The highest BCUT2D eigenvalue weighted by Gasteiger charge is 2.33. The Morgan fingerprint density at radius 3 is 2.90 bits per heavy atom. The van der Waals surface area contributed by atoms with E-state index in [4.69, 9.17) is 4.74 Å². The van der Waals surface area contributed by atoms with Crippen molar-refractivity contribution < 1.29 is 14.3 Å². The van der Waals surface area contributed by atoms with Gasteiger partial charge >= 0.3 is 0 Å². The lowest BCUT2D eigenvalue weighted by molar-refractivity contribution is -0.148. The Hall–Kier alpha value is -1.14. The highest BCUT2D eigenvalue weighted by Crippen LogP contribution is 2.17. The summed E-state index contributed by atoms with van der Waals surface area (Å²) in [6, 6.07) is -0.406. The highest BCUT2D eigenvalue weighted by molar-refractivity contribution is 5.88. The Kier molecular flexibility index (Phi) is 5.99. The lowest BCUT2D eigenvalue weighted by Gasteiger charge is -2.35. The second-order valence-electron chi connectivity index (χ2n) is 6.24. The molecule has 0 aromatic carbocycles. The largest absolute Gasteiger partial charge is 0.377 e. The molecule has 2 heterocycles. The van der Waals surface area contributed by atoms with E-state index in [-0.39, 0.29) is 17.9 Å². The van der Waals surface area contributed by atoms with Crippen molar-refractivity contribution >= 4 is 11.8 Å². The fraction of sp³-hybridized carbons (Fsp3) is 0.867. The number of nitrogens with zero attached hydrogens (tertiary/aromatic N) is 1. The molecule has 2 fully saturated rings. The van der Waals surface area contributed by atoms with Crippen molar-refractivity contribution in [3.05, 3.63) is 0 Å². The summed E-state index contributed by atoms with van der Waals surface area (Å²) in [5.74, 6) is 0.563. The van der Waals surface area contributed by atoms with E-state index in [2.05, 4.69) is 10.6 Å². The van der Waals surface area contributed by atoms with E-state index in [1.165, 1.54) is 0 Å². The molecule has 6 heteroatoms. The highest BCUT2D eigenvalue weighted by atomic mass is 16.5. The Labute approximate surface area is 126 Å². The number of rotatable bonds is 5. The molecule has 0 aliphatic carbocycles. The Balaban J connectivity index is 1.87. The molecule has 0 aromatic rings. The van der Waals surface area contributed by atoms with Crippen molar-refractivity contribution in [1.29, 1.82) is 0 Å². The topological polar surface area (TPSA) is 70.7 Å². The molecule has 0 radical (unpaired) electrons. The molecular weight excluding hydrogens is 270 g/mol. The van der Waals surface area contributed by atoms with Crippen LogP contribution in [0.15, 0.2) is 0 Å². The Bertz CT molecular complexity index is 367. The zero-order valence-electron chi connectivity index (χ0n) is 13.1. The normalized spacial score (nSPS) is 26.1. The number of hydrogen-bond donors (Lipinski definition) is 2. The summed E-state index contributed by atoms with van der Waals surface area (Å²) in [6.07, 6.45) is 2.58. The van der Waals surface area contributed by atoms with Crippen LogP contribution < -0.4 is 10.6 Å². The molecule has 21 heavy (non-hydrogen) atoms. The van der Waals surface area contributed by atoms with Gasteiger partial charge in [0.2, 0.25) is 11.8 Å². The van der Waals surface area contributed by atoms with Crippen molar-refractivity contribution in [1.82, 2.24) is 15.5 Å². The Morgan fingerprint density at radius 2 is 2.24 bits per heavy atom. The van der Waals surface area contributed by atoms with E-state index < -0.39 is 6.04 Å². The number of morpholine rings is 1. The third-order valence-electron chi connectivity index (χ3n) is 4.11. The summed E-state index contributed by atoms with van der Waals surface area (Å²) in [6.45, 7) is 7.22. The summed E-state index contributed by atoms with van der Waals surface area (Å²) >= 11 is 0. The van der Waals surface area contributed by atoms with Gasteiger partial charge in [-0.25, -0.2) is 0 Å². The van der Waals surface area contributed by atoms with Gasteiger partial charge in [-0.2, -0.15) is 0 Å². The first-order valence-electron chi connectivity index (χ1n) is 7.96. The van der Waals surface area contributed by atoms with Crippen molar-refractivity contribution in [3.8, 4) is 0 Å². The smallest absolute Gasteiger partial charge is 0.245 e. The predicted molar refractivity (Wildman–Crippen MR) is 79.8 cm³/mol. The number of nitrogens with one attached hydrogen (secondary N) is 2. The van der Waals surface area contributed by atoms with E-state index in [1.54, 1.807) is 4.90 Å². The molecule has 2 amide bonds. The van der Waals surface area contributed by atoms with Gasteiger partial charge in [0.05, 0.1) is 13.2 Å². The molecule has 0 saturated carbocycles. The molecule has 2 unspecified atom stereocenters. The minimum atomic E-state index is -0.477. The first kappa shape index (κ1) is 16.2. The Morgan fingerprint density at radius 1 is 1.43 bits per heavy atom. The molecule has 0 spiro atoms. The van der Waals surface area contributed by atoms with Crippen LogP contribution in [-0.2, 0) is 14.3 Å². The SMILES string of the molecule is CC(C)NC(=O)C1COCCN1C(=O)CCC1CCNC1. The van der Waals surface area contributed by atoms with Crippen LogP contribution in [0.2, 0.25) is 0 Å². The van der Waals surface area contributed by atoms with Gasteiger partial charge in [0, 0.05) is 19.0 Å². The standard InChI is InChI=1S/C15H27N3O3/c1-11(2)17-15(20)13-10-21-8-7-18(13)14(19)4-3-12-5-6-16-9-12/h11-13,16H,3-10H2,1-2H3,(H,17,20). The van der Waals surface area contributed by atoms with Crippen molar-refractivity contribution in [2.45, 2.75) is 45.2 Å². The van der Waals surface area contributed by atoms with Gasteiger partial charge in [0.25, 0.3) is 0 Å². The van der Waals surface area contributed by atoms with Crippen LogP contribution in [0, 0.1) is 5.92 Å². The van der Waals surface area contributed by atoms with Gasteiger partial charge in [0.1, 0.15) is 6.04 Å². The lowest BCUT2D eigenvalue weighted by atomic mass is 10.0. The first-order chi connectivity index (χ1) is 10.1.